The molecule has 0 bridgehead atoms. The van der Waals surface area contributed by atoms with Crippen LogP contribution >= 0.6 is 0 Å². The minimum atomic E-state index is -0.763. The molecule has 0 radical (unpaired) electrons. The minimum absolute atomic E-state index is 0.0662. The van der Waals surface area contributed by atoms with Crippen LogP contribution in [0.15, 0.2) is 12.2 Å². The van der Waals surface area contributed by atoms with Crippen LogP contribution in [0.4, 0.5) is 0 Å². The molecule has 0 aromatic carbocycles. The molecule has 6 nitrogen and oxygen atoms in total. The number of esters is 3. The Morgan fingerprint density at radius 3 is 0.895 bits per heavy atom. The van der Waals surface area contributed by atoms with Crippen molar-refractivity contribution in [2.75, 3.05) is 13.2 Å². The monoisotopic (exact) mass is 805 g/mol. The van der Waals surface area contributed by atoms with Gasteiger partial charge in [-0.15, -0.1) is 0 Å². The van der Waals surface area contributed by atoms with Crippen LogP contribution in [0.3, 0.4) is 0 Å². The van der Waals surface area contributed by atoms with E-state index in [1.165, 1.54) is 180 Å². The van der Waals surface area contributed by atoms with Gasteiger partial charge in [0.25, 0.3) is 0 Å². The zero-order chi connectivity index (χ0) is 41.5. The lowest BCUT2D eigenvalue weighted by Gasteiger charge is -2.18. The van der Waals surface area contributed by atoms with E-state index in [4.69, 9.17) is 14.2 Å². The largest absolute Gasteiger partial charge is 0.462 e. The molecule has 336 valence electrons. The smallest absolute Gasteiger partial charge is 0.306 e. The first kappa shape index (κ1) is 55.2. The van der Waals surface area contributed by atoms with Gasteiger partial charge in [-0.3, -0.25) is 14.4 Å². The van der Waals surface area contributed by atoms with E-state index in [2.05, 4.69) is 32.9 Å². The molecule has 1 atom stereocenters. The van der Waals surface area contributed by atoms with E-state index < -0.39 is 6.10 Å². The average molecular weight is 805 g/mol. The van der Waals surface area contributed by atoms with Crippen LogP contribution in [0, 0.1) is 0 Å². The van der Waals surface area contributed by atoms with E-state index in [1.54, 1.807) is 0 Å². The number of unbranched alkanes of at least 4 members (excludes halogenated alkanes) is 33. The number of allylic oxidation sites excluding steroid dienone is 2. The molecule has 6 heteroatoms. The summed E-state index contributed by atoms with van der Waals surface area (Å²) in [5, 5.41) is 0. The Kier molecular flexibility index (Phi) is 45.3. The molecule has 0 aliphatic rings. The molecular weight excluding hydrogens is 709 g/mol. The van der Waals surface area contributed by atoms with E-state index in [0.29, 0.717) is 19.3 Å². The van der Waals surface area contributed by atoms with Gasteiger partial charge in [0.05, 0.1) is 0 Å². The van der Waals surface area contributed by atoms with Gasteiger partial charge in [0.1, 0.15) is 13.2 Å². The highest BCUT2D eigenvalue weighted by Gasteiger charge is 2.19. The second-order valence-corrected chi connectivity index (χ2v) is 17.1. The number of ether oxygens (including phenoxy) is 3. The first-order valence-electron chi connectivity index (χ1n) is 25.2. The lowest BCUT2D eigenvalue weighted by atomic mass is 10.0. The van der Waals surface area contributed by atoms with Crippen LogP contribution in [0.25, 0.3) is 0 Å². The van der Waals surface area contributed by atoms with Crippen LogP contribution in [-0.4, -0.2) is 37.2 Å². The second kappa shape index (κ2) is 46.8. The summed E-state index contributed by atoms with van der Waals surface area (Å²) >= 11 is 0. The van der Waals surface area contributed by atoms with Crippen molar-refractivity contribution in [2.24, 2.45) is 0 Å². The molecule has 0 unspecified atom stereocenters. The maximum atomic E-state index is 12.7. The highest BCUT2D eigenvalue weighted by molar-refractivity contribution is 5.71. The van der Waals surface area contributed by atoms with Crippen molar-refractivity contribution in [3.63, 3.8) is 0 Å². The van der Waals surface area contributed by atoms with Gasteiger partial charge in [-0.25, -0.2) is 0 Å². The topological polar surface area (TPSA) is 78.9 Å². The van der Waals surface area contributed by atoms with Gasteiger partial charge in [-0.2, -0.15) is 0 Å². The van der Waals surface area contributed by atoms with Crippen LogP contribution in [0.2, 0.25) is 0 Å². The number of carbonyl (C=O) groups excluding carboxylic acids is 3. The molecule has 0 heterocycles. The Hall–Kier alpha value is -1.85. The van der Waals surface area contributed by atoms with Crippen molar-refractivity contribution in [3.05, 3.63) is 12.2 Å². The summed E-state index contributed by atoms with van der Waals surface area (Å²) in [5.41, 5.74) is 0. The van der Waals surface area contributed by atoms with Gasteiger partial charge in [0.2, 0.25) is 0 Å². The van der Waals surface area contributed by atoms with Crippen molar-refractivity contribution in [1.82, 2.24) is 0 Å². The third-order valence-corrected chi connectivity index (χ3v) is 11.3. The van der Waals surface area contributed by atoms with Crippen molar-refractivity contribution in [3.8, 4) is 0 Å². The van der Waals surface area contributed by atoms with E-state index in [9.17, 15) is 14.4 Å². The van der Waals surface area contributed by atoms with Gasteiger partial charge in [-0.1, -0.05) is 226 Å². The molecule has 0 saturated carbocycles. The summed E-state index contributed by atoms with van der Waals surface area (Å²) in [7, 11) is 0. The Balaban J connectivity index is 4.31. The fraction of sp³-hybridized carbons (Fsp3) is 0.902. The van der Waals surface area contributed by atoms with Crippen LogP contribution < -0.4 is 0 Å². The first-order chi connectivity index (χ1) is 28.0. The van der Waals surface area contributed by atoms with Crippen molar-refractivity contribution >= 4 is 17.9 Å². The van der Waals surface area contributed by atoms with Crippen LogP contribution in [0.1, 0.15) is 278 Å². The minimum Gasteiger partial charge on any atom is -0.462 e. The fourth-order valence-corrected chi connectivity index (χ4v) is 7.44. The lowest BCUT2D eigenvalue weighted by Crippen LogP contribution is -2.30. The molecule has 0 aliphatic carbocycles. The number of hydrogen-bond acceptors (Lipinski definition) is 6. The fourth-order valence-electron chi connectivity index (χ4n) is 7.44. The van der Waals surface area contributed by atoms with Gasteiger partial charge in [-0.05, 0) is 44.9 Å². The maximum absolute atomic E-state index is 12.7. The molecule has 0 N–H and O–H groups in total. The normalized spacial score (nSPS) is 12.0. The average Bonchev–Trinajstić information content (AvgIpc) is 3.21. The molecule has 57 heavy (non-hydrogen) atoms. The highest BCUT2D eigenvalue weighted by atomic mass is 16.6. The Morgan fingerprint density at radius 1 is 0.333 bits per heavy atom. The van der Waals surface area contributed by atoms with Gasteiger partial charge >= 0.3 is 17.9 Å². The summed E-state index contributed by atoms with van der Waals surface area (Å²) < 4.78 is 16.8. The highest BCUT2D eigenvalue weighted by Crippen LogP contribution is 2.16. The molecule has 0 rings (SSSR count). The quantitative estimate of drug-likeness (QED) is 0.0264. The Morgan fingerprint density at radius 2 is 0.579 bits per heavy atom. The maximum Gasteiger partial charge on any atom is 0.306 e. The van der Waals surface area contributed by atoms with E-state index in [1.807, 2.05) is 0 Å². The number of carbonyl (C=O) groups is 3. The molecular formula is C51H96O6. The molecule has 0 fully saturated rings. The van der Waals surface area contributed by atoms with Gasteiger partial charge < -0.3 is 14.2 Å². The third kappa shape index (κ3) is 45.1. The molecule has 0 spiro atoms. The van der Waals surface area contributed by atoms with Crippen LogP contribution in [0.5, 0.6) is 0 Å². The predicted octanol–water partition coefficient (Wildman–Crippen LogP) is 16.2. The van der Waals surface area contributed by atoms with Gasteiger partial charge in [0, 0.05) is 19.3 Å². The van der Waals surface area contributed by atoms with Crippen molar-refractivity contribution < 1.29 is 28.6 Å². The summed E-state index contributed by atoms with van der Waals surface area (Å²) in [6, 6.07) is 0. The first-order valence-corrected chi connectivity index (χ1v) is 25.2. The summed E-state index contributed by atoms with van der Waals surface area (Å²) in [6.07, 6.45) is 50.4. The predicted molar refractivity (Wildman–Crippen MR) is 243 cm³/mol. The zero-order valence-corrected chi connectivity index (χ0v) is 38.4. The molecule has 0 saturated heterocycles. The number of hydrogen-bond donors (Lipinski definition) is 0. The van der Waals surface area contributed by atoms with E-state index >= 15 is 0 Å². The van der Waals surface area contributed by atoms with E-state index in [-0.39, 0.29) is 31.1 Å². The molecule has 0 aliphatic heterocycles. The number of rotatable bonds is 46. The lowest BCUT2D eigenvalue weighted by molar-refractivity contribution is -0.167. The van der Waals surface area contributed by atoms with E-state index in [0.717, 1.165) is 57.8 Å². The third-order valence-electron chi connectivity index (χ3n) is 11.3. The zero-order valence-electron chi connectivity index (χ0n) is 38.4. The summed E-state index contributed by atoms with van der Waals surface area (Å²) in [6.45, 7) is 6.64. The molecule has 0 aromatic heterocycles. The van der Waals surface area contributed by atoms with Crippen molar-refractivity contribution in [1.29, 1.82) is 0 Å². The Bertz CT molecular complexity index is 885. The standard InChI is InChI=1S/C51H96O6/c1-4-7-10-13-16-19-22-24-25-27-30-32-35-38-41-44-50(53)56-47-48(57-51(54)45-42-39-36-33-28-21-18-15-12-9-6-3)46-55-49(52)43-40-37-34-31-29-26-23-20-17-14-11-8-5-2/h19,22,48H,4-18,20-21,23-47H2,1-3H3/b22-19-/t48-/m0/s1. The summed E-state index contributed by atoms with van der Waals surface area (Å²) in [5.74, 6) is -0.857. The second-order valence-electron chi connectivity index (χ2n) is 17.1. The summed E-state index contributed by atoms with van der Waals surface area (Å²) in [4.78, 5) is 37.8. The van der Waals surface area contributed by atoms with Crippen LogP contribution in [-0.2, 0) is 28.6 Å². The molecule has 0 amide bonds. The molecule has 0 aromatic rings. The van der Waals surface area contributed by atoms with Crippen molar-refractivity contribution in [2.45, 2.75) is 284 Å². The van der Waals surface area contributed by atoms with Gasteiger partial charge in [0.15, 0.2) is 6.10 Å². The Labute approximate surface area is 354 Å². The SMILES string of the molecule is CCCCCC/C=C\CCCCCCCCCC(=O)OC[C@H](COC(=O)CCCCCCCCCCCCCCC)OC(=O)CCCCCCCCCCCCC.